The number of carbonyl (C=O) groups excluding carboxylic acids is 1. The maximum absolute atomic E-state index is 12.1. The molecule has 0 bridgehead atoms. The van der Waals surface area contributed by atoms with Gasteiger partial charge in [0.2, 0.25) is 5.91 Å². The Balaban J connectivity index is 1.94. The molecule has 0 spiro atoms. The molecule has 0 aromatic heterocycles. The first-order chi connectivity index (χ1) is 11.1. The number of methoxy groups -OCH3 is 1. The molecule has 2 aromatic rings. The van der Waals surface area contributed by atoms with Gasteiger partial charge in [-0.3, -0.25) is 4.79 Å². The van der Waals surface area contributed by atoms with Crippen molar-refractivity contribution < 1.29 is 14.3 Å². The molecule has 0 aliphatic rings. The van der Waals surface area contributed by atoms with Crippen molar-refractivity contribution in [2.75, 3.05) is 13.7 Å². The lowest BCUT2D eigenvalue weighted by molar-refractivity contribution is -0.120. The zero-order valence-electron chi connectivity index (χ0n) is 13.9. The van der Waals surface area contributed by atoms with E-state index in [9.17, 15) is 4.79 Å². The zero-order valence-corrected chi connectivity index (χ0v) is 13.9. The van der Waals surface area contributed by atoms with Gasteiger partial charge in [0.15, 0.2) is 0 Å². The highest BCUT2D eigenvalue weighted by molar-refractivity contribution is 5.78. The van der Waals surface area contributed by atoms with Gasteiger partial charge >= 0.3 is 0 Å². The second kappa shape index (κ2) is 8.22. The van der Waals surface area contributed by atoms with E-state index >= 15 is 0 Å². The summed E-state index contributed by atoms with van der Waals surface area (Å²) < 4.78 is 10.8. The second-order valence-corrected chi connectivity index (χ2v) is 5.30. The van der Waals surface area contributed by atoms with E-state index in [4.69, 9.17) is 9.47 Å². The molecule has 0 saturated carbocycles. The van der Waals surface area contributed by atoms with Crippen molar-refractivity contribution in [3.63, 3.8) is 0 Å². The van der Waals surface area contributed by atoms with Crippen molar-refractivity contribution in [1.82, 2.24) is 5.32 Å². The Bertz CT molecular complexity index is 667. The number of ether oxygens (including phenoxy) is 2. The third kappa shape index (κ3) is 4.74. The van der Waals surface area contributed by atoms with E-state index in [2.05, 4.69) is 5.32 Å². The van der Waals surface area contributed by atoms with Crippen LogP contribution in [0.25, 0.3) is 0 Å². The third-order valence-corrected chi connectivity index (χ3v) is 3.57. The predicted octanol–water partition coefficient (Wildman–Crippen LogP) is 3.26. The van der Waals surface area contributed by atoms with E-state index in [1.54, 1.807) is 7.11 Å². The lowest BCUT2D eigenvalue weighted by Crippen LogP contribution is -2.24. The summed E-state index contributed by atoms with van der Waals surface area (Å²) in [5.74, 6) is 1.64. The average Bonchev–Trinajstić information content (AvgIpc) is 2.54. The number of hydrogen-bond acceptors (Lipinski definition) is 3. The molecule has 1 N–H and O–H groups in total. The van der Waals surface area contributed by atoms with Crippen LogP contribution in [0.1, 0.15) is 23.6 Å². The molecule has 0 heterocycles. The topological polar surface area (TPSA) is 47.6 Å². The Labute approximate surface area is 137 Å². The van der Waals surface area contributed by atoms with Crippen molar-refractivity contribution in [1.29, 1.82) is 0 Å². The van der Waals surface area contributed by atoms with Crippen LogP contribution >= 0.6 is 0 Å². The molecule has 0 radical (unpaired) electrons. The smallest absolute Gasteiger partial charge is 0.224 e. The molecular formula is C19H23NO3. The Morgan fingerprint density at radius 1 is 1.13 bits per heavy atom. The number of rotatable bonds is 7. The van der Waals surface area contributed by atoms with Gasteiger partial charge in [-0.2, -0.15) is 0 Å². The van der Waals surface area contributed by atoms with Gasteiger partial charge < -0.3 is 14.8 Å². The van der Waals surface area contributed by atoms with Gasteiger partial charge in [0.1, 0.15) is 11.5 Å². The van der Waals surface area contributed by atoms with Crippen LogP contribution in [0.5, 0.6) is 11.5 Å². The molecule has 2 aromatic carbocycles. The van der Waals surface area contributed by atoms with Crippen LogP contribution in [0.2, 0.25) is 0 Å². The fraction of sp³-hybridized carbons (Fsp3) is 0.316. The summed E-state index contributed by atoms with van der Waals surface area (Å²) in [4.78, 5) is 12.1. The molecular weight excluding hydrogens is 290 g/mol. The second-order valence-electron chi connectivity index (χ2n) is 5.30. The summed E-state index contributed by atoms with van der Waals surface area (Å²) in [7, 11) is 1.64. The van der Waals surface area contributed by atoms with E-state index in [1.807, 2.05) is 56.3 Å². The Morgan fingerprint density at radius 3 is 2.61 bits per heavy atom. The van der Waals surface area contributed by atoms with E-state index in [-0.39, 0.29) is 5.91 Å². The molecule has 23 heavy (non-hydrogen) atoms. The Kier molecular flexibility index (Phi) is 6.03. The van der Waals surface area contributed by atoms with Crippen LogP contribution in [-0.4, -0.2) is 19.6 Å². The Morgan fingerprint density at radius 2 is 1.91 bits per heavy atom. The third-order valence-electron chi connectivity index (χ3n) is 3.57. The molecule has 0 aliphatic heterocycles. The van der Waals surface area contributed by atoms with Crippen molar-refractivity contribution in [3.05, 3.63) is 59.2 Å². The van der Waals surface area contributed by atoms with Gasteiger partial charge in [0.25, 0.3) is 0 Å². The highest BCUT2D eigenvalue weighted by Gasteiger charge is 2.08. The van der Waals surface area contributed by atoms with Crippen LogP contribution in [0.15, 0.2) is 42.5 Å². The fourth-order valence-corrected chi connectivity index (χ4v) is 2.44. The zero-order chi connectivity index (χ0) is 16.7. The molecule has 4 nitrogen and oxygen atoms in total. The van der Waals surface area contributed by atoms with Crippen LogP contribution < -0.4 is 14.8 Å². The molecule has 4 heteroatoms. The molecule has 0 unspecified atom stereocenters. The number of hydrogen-bond donors (Lipinski definition) is 1. The summed E-state index contributed by atoms with van der Waals surface area (Å²) in [5, 5.41) is 2.94. The quantitative estimate of drug-likeness (QED) is 0.853. The summed E-state index contributed by atoms with van der Waals surface area (Å²) in [5.41, 5.74) is 2.98. The van der Waals surface area contributed by atoms with Crippen LogP contribution in [0.4, 0.5) is 0 Å². The first-order valence-electron chi connectivity index (χ1n) is 7.75. The van der Waals surface area contributed by atoms with Gasteiger partial charge in [0, 0.05) is 12.1 Å². The van der Waals surface area contributed by atoms with Gasteiger partial charge in [-0.15, -0.1) is 0 Å². The fourth-order valence-electron chi connectivity index (χ4n) is 2.44. The SMILES string of the molecule is CCOc1ccccc1CNC(=O)Cc1ccc(OC)c(C)c1. The molecule has 1 amide bonds. The first kappa shape index (κ1) is 16.9. The van der Waals surface area contributed by atoms with Crippen LogP contribution in [0.3, 0.4) is 0 Å². The van der Waals surface area contributed by atoms with E-state index in [0.29, 0.717) is 19.6 Å². The number of amides is 1. The molecule has 0 saturated heterocycles. The predicted molar refractivity (Wildman–Crippen MR) is 90.9 cm³/mol. The van der Waals surface area contributed by atoms with Crippen molar-refractivity contribution in [2.45, 2.75) is 26.8 Å². The number of carbonyl (C=O) groups is 1. The van der Waals surface area contributed by atoms with Crippen LogP contribution in [-0.2, 0) is 17.8 Å². The molecule has 0 aliphatic carbocycles. The summed E-state index contributed by atoms with van der Waals surface area (Å²) in [6.07, 6.45) is 0.349. The monoisotopic (exact) mass is 313 g/mol. The Hall–Kier alpha value is -2.49. The normalized spacial score (nSPS) is 10.2. The largest absolute Gasteiger partial charge is 0.496 e. The minimum atomic E-state index is -0.0131. The van der Waals surface area contributed by atoms with Crippen molar-refractivity contribution >= 4 is 5.91 Å². The van der Waals surface area contributed by atoms with Gasteiger partial charge in [0.05, 0.1) is 20.1 Å². The number of benzene rings is 2. The molecule has 122 valence electrons. The summed E-state index contributed by atoms with van der Waals surface area (Å²) in [6, 6.07) is 13.5. The van der Waals surface area contributed by atoms with E-state index < -0.39 is 0 Å². The van der Waals surface area contributed by atoms with Crippen molar-refractivity contribution in [2.24, 2.45) is 0 Å². The van der Waals surface area contributed by atoms with Crippen molar-refractivity contribution in [3.8, 4) is 11.5 Å². The minimum absolute atomic E-state index is 0.0131. The highest BCUT2D eigenvalue weighted by Crippen LogP contribution is 2.19. The molecule has 0 atom stereocenters. The standard InChI is InChI=1S/C19H23NO3/c1-4-23-18-8-6-5-7-16(18)13-20-19(21)12-15-9-10-17(22-3)14(2)11-15/h5-11H,4,12-13H2,1-3H3,(H,20,21). The lowest BCUT2D eigenvalue weighted by atomic mass is 10.1. The number of para-hydroxylation sites is 1. The average molecular weight is 313 g/mol. The van der Waals surface area contributed by atoms with Gasteiger partial charge in [-0.25, -0.2) is 0 Å². The molecule has 2 rings (SSSR count). The summed E-state index contributed by atoms with van der Waals surface area (Å²) in [6.45, 7) is 4.99. The number of aryl methyl sites for hydroxylation is 1. The van der Waals surface area contributed by atoms with Gasteiger partial charge in [-0.05, 0) is 37.1 Å². The summed E-state index contributed by atoms with van der Waals surface area (Å²) >= 11 is 0. The maximum atomic E-state index is 12.1. The van der Waals surface area contributed by atoms with E-state index in [1.165, 1.54) is 0 Å². The van der Waals surface area contributed by atoms with Crippen LogP contribution in [0, 0.1) is 6.92 Å². The van der Waals surface area contributed by atoms with Gasteiger partial charge in [-0.1, -0.05) is 30.3 Å². The maximum Gasteiger partial charge on any atom is 0.224 e. The highest BCUT2D eigenvalue weighted by atomic mass is 16.5. The number of nitrogens with one attached hydrogen (secondary N) is 1. The first-order valence-corrected chi connectivity index (χ1v) is 7.75. The molecule has 0 fully saturated rings. The minimum Gasteiger partial charge on any atom is -0.496 e. The van der Waals surface area contributed by atoms with E-state index in [0.717, 1.165) is 28.2 Å². The lowest BCUT2D eigenvalue weighted by Gasteiger charge is -2.11.